The number of ketones is 1. The van der Waals surface area contributed by atoms with Gasteiger partial charge in [-0.3, -0.25) is 19.2 Å². The van der Waals surface area contributed by atoms with E-state index in [1.54, 1.807) is 0 Å². The predicted molar refractivity (Wildman–Crippen MR) is 143 cm³/mol. The van der Waals surface area contributed by atoms with Crippen LogP contribution in [0, 0.1) is 5.92 Å². The zero-order valence-corrected chi connectivity index (χ0v) is 23.4. The largest absolute Gasteiger partial charge is 0.508 e. The number of aliphatic hydroxyl groups is 6. The summed E-state index contributed by atoms with van der Waals surface area (Å²) in [4.78, 5) is 52.6. The van der Waals surface area contributed by atoms with Crippen LogP contribution in [-0.4, -0.2) is 119 Å². The lowest BCUT2D eigenvalue weighted by Gasteiger charge is -2.32. The molecule has 0 spiro atoms. The lowest BCUT2D eigenvalue weighted by atomic mass is 9.96. The molecule has 0 bridgehead atoms. The van der Waals surface area contributed by atoms with Gasteiger partial charge < -0.3 is 51.3 Å². The highest BCUT2D eigenvalue weighted by Gasteiger charge is 2.44. The fourth-order valence-electron chi connectivity index (χ4n) is 4.56. The van der Waals surface area contributed by atoms with Gasteiger partial charge in [0.2, 0.25) is 17.7 Å². The molecule has 1 fully saturated rings. The first kappa shape index (κ1) is 34.1. The topological polar surface area (TPSA) is 237 Å². The van der Waals surface area contributed by atoms with Gasteiger partial charge in [-0.2, -0.15) is 0 Å². The molecular weight excluding hydrogens is 542 g/mol. The summed E-state index contributed by atoms with van der Waals surface area (Å²) in [6.45, 7) is 4.81. The summed E-state index contributed by atoms with van der Waals surface area (Å²) >= 11 is 0. The van der Waals surface area contributed by atoms with Crippen LogP contribution in [-0.2, 0) is 19.2 Å². The standard InChI is InChI=1S/C27H41N3O11/c1-12(9-20(36)13(2)31)25(39)29-22(15(4)33)27(41)30-11-18(35)10-19(30)26(40)28-21(14(3)32)24(38)23(37)16-5-7-17(34)8-6-16/h5-8,12-13,15,18-24,31,33-38H,9-11H2,1-4H3,(H,28,40)(H,29,39)/t12-,13-,15+,18+,19-,20+,21+,22-,23-,24-/m0/s1. The van der Waals surface area contributed by atoms with Gasteiger partial charge >= 0.3 is 0 Å². The van der Waals surface area contributed by atoms with E-state index in [9.17, 15) is 54.9 Å². The van der Waals surface area contributed by atoms with E-state index < -0.39 is 84.2 Å². The average Bonchev–Trinajstić information content (AvgIpc) is 3.30. The molecule has 0 unspecified atom stereocenters. The van der Waals surface area contributed by atoms with Gasteiger partial charge in [0, 0.05) is 18.9 Å². The Balaban J connectivity index is 2.19. The lowest BCUT2D eigenvalue weighted by molar-refractivity contribution is -0.145. The molecule has 0 radical (unpaired) electrons. The van der Waals surface area contributed by atoms with Crippen molar-refractivity contribution in [1.82, 2.24) is 15.5 Å². The maximum Gasteiger partial charge on any atom is 0.248 e. The number of benzene rings is 1. The van der Waals surface area contributed by atoms with Crippen LogP contribution < -0.4 is 10.6 Å². The van der Waals surface area contributed by atoms with Crippen LogP contribution in [0.5, 0.6) is 5.75 Å². The number of phenols is 1. The summed E-state index contributed by atoms with van der Waals surface area (Å²) in [5.74, 6) is -4.16. The number of phenolic OH excluding ortho intramolecular Hbond substituents is 1. The van der Waals surface area contributed by atoms with E-state index >= 15 is 0 Å². The van der Waals surface area contributed by atoms with Gasteiger partial charge in [-0.25, -0.2) is 0 Å². The van der Waals surface area contributed by atoms with Gasteiger partial charge in [0.1, 0.15) is 36.1 Å². The van der Waals surface area contributed by atoms with Crippen LogP contribution in [0.3, 0.4) is 0 Å². The zero-order chi connectivity index (χ0) is 31.2. The van der Waals surface area contributed by atoms with Crippen molar-refractivity contribution in [3.63, 3.8) is 0 Å². The van der Waals surface area contributed by atoms with Crippen LogP contribution in [0.1, 0.15) is 52.2 Å². The Morgan fingerprint density at radius 3 is 2.02 bits per heavy atom. The normalized spacial score (nSPS) is 22.9. The smallest absolute Gasteiger partial charge is 0.248 e. The number of β-amino-alcohol motifs (C(OH)–C–C–N with tert-alkyl or cyclic N) is 1. The van der Waals surface area contributed by atoms with Gasteiger partial charge in [0.15, 0.2) is 5.78 Å². The van der Waals surface area contributed by atoms with Crippen molar-refractivity contribution < 1.29 is 54.9 Å². The van der Waals surface area contributed by atoms with Gasteiger partial charge in [-0.05, 0) is 44.9 Å². The molecule has 1 aliphatic heterocycles. The Morgan fingerprint density at radius 1 is 0.927 bits per heavy atom. The van der Waals surface area contributed by atoms with E-state index in [1.807, 2.05) is 0 Å². The summed E-state index contributed by atoms with van der Waals surface area (Å²) in [5.41, 5.74) is 0.162. The molecule has 41 heavy (non-hydrogen) atoms. The first-order valence-electron chi connectivity index (χ1n) is 13.3. The fourth-order valence-corrected chi connectivity index (χ4v) is 4.56. The number of rotatable bonds is 13. The molecule has 14 heteroatoms. The molecule has 1 saturated heterocycles. The first-order valence-corrected chi connectivity index (χ1v) is 13.3. The predicted octanol–water partition coefficient (Wildman–Crippen LogP) is -2.54. The maximum absolute atomic E-state index is 13.4. The molecule has 0 saturated carbocycles. The number of hydrogen-bond acceptors (Lipinski definition) is 11. The van der Waals surface area contributed by atoms with Crippen LogP contribution in [0.2, 0.25) is 0 Å². The minimum Gasteiger partial charge on any atom is -0.508 e. The minimum atomic E-state index is -1.81. The molecule has 0 aromatic heterocycles. The SMILES string of the molecule is CC(=O)[C@@H](NC(=O)[C@@H]1C[C@@H](O)CN1C(=O)[C@@H](NC(=O)[C@@H](C)C[C@@H](O)[C@H](C)O)[C@@H](C)O)[C@H](O)[C@@H](O)c1ccc(O)cc1. The zero-order valence-electron chi connectivity index (χ0n) is 23.4. The number of carbonyl (C=O) groups excluding carboxylic acids is 4. The maximum atomic E-state index is 13.4. The molecule has 1 aromatic rings. The Hall–Kier alpha value is -3.14. The van der Waals surface area contributed by atoms with Crippen molar-refractivity contribution in [3.8, 4) is 5.75 Å². The molecule has 2 rings (SSSR count). The molecule has 1 aromatic carbocycles. The molecule has 14 nitrogen and oxygen atoms in total. The number of carbonyl (C=O) groups is 4. The second kappa shape index (κ2) is 14.7. The molecule has 1 aliphatic rings. The highest BCUT2D eigenvalue weighted by Crippen LogP contribution is 2.24. The number of amides is 3. The number of hydrogen-bond donors (Lipinski definition) is 9. The van der Waals surface area contributed by atoms with Crippen molar-refractivity contribution >= 4 is 23.5 Å². The lowest BCUT2D eigenvalue weighted by Crippen LogP contribution is -2.59. The first-order chi connectivity index (χ1) is 19.0. The molecule has 9 N–H and O–H groups in total. The Labute approximate surface area is 237 Å². The van der Waals surface area contributed by atoms with Crippen molar-refractivity contribution in [2.45, 2.75) is 95.3 Å². The third-order valence-electron chi connectivity index (χ3n) is 7.15. The number of aromatic hydroxyl groups is 1. The third-order valence-corrected chi connectivity index (χ3v) is 7.15. The number of nitrogens with one attached hydrogen (secondary N) is 2. The second-order valence-electron chi connectivity index (χ2n) is 10.7. The third kappa shape index (κ3) is 8.92. The van der Waals surface area contributed by atoms with Gasteiger partial charge in [-0.1, -0.05) is 19.1 Å². The fraction of sp³-hybridized carbons (Fsp3) is 0.630. The average molecular weight is 584 g/mol. The van der Waals surface area contributed by atoms with Gasteiger partial charge in [0.25, 0.3) is 0 Å². The van der Waals surface area contributed by atoms with Gasteiger partial charge in [0.05, 0.1) is 24.4 Å². The van der Waals surface area contributed by atoms with Crippen molar-refractivity contribution in [2.24, 2.45) is 5.92 Å². The van der Waals surface area contributed by atoms with E-state index in [2.05, 4.69) is 10.6 Å². The molecule has 230 valence electrons. The van der Waals surface area contributed by atoms with Crippen molar-refractivity contribution in [2.75, 3.05) is 6.54 Å². The van der Waals surface area contributed by atoms with E-state index in [0.29, 0.717) is 0 Å². The molecule has 3 amide bonds. The van der Waals surface area contributed by atoms with Gasteiger partial charge in [-0.15, -0.1) is 0 Å². The molecule has 1 heterocycles. The van der Waals surface area contributed by atoms with E-state index in [-0.39, 0.29) is 30.7 Å². The highest BCUT2D eigenvalue weighted by atomic mass is 16.3. The van der Waals surface area contributed by atoms with Crippen LogP contribution >= 0.6 is 0 Å². The molecule has 0 aliphatic carbocycles. The monoisotopic (exact) mass is 583 g/mol. The second-order valence-corrected chi connectivity index (χ2v) is 10.7. The summed E-state index contributed by atoms with van der Waals surface area (Å²) < 4.78 is 0. The quantitative estimate of drug-likeness (QED) is 0.117. The number of aliphatic hydroxyl groups excluding tert-OH is 6. The van der Waals surface area contributed by atoms with Crippen LogP contribution in [0.15, 0.2) is 24.3 Å². The Bertz CT molecular complexity index is 1070. The van der Waals surface area contributed by atoms with E-state index in [0.717, 1.165) is 11.8 Å². The summed E-state index contributed by atoms with van der Waals surface area (Å²) in [5, 5.41) is 75.3. The minimum absolute atomic E-state index is 0.0880. The summed E-state index contributed by atoms with van der Waals surface area (Å²) in [6, 6.07) is 0.713. The Morgan fingerprint density at radius 2 is 1.51 bits per heavy atom. The van der Waals surface area contributed by atoms with E-state index in [1.165, 1.54) is 45.0 Å². The van der Waals surface area contributed by atoms with Crippen LogP contribution in [0.4, 0.5) is 0 Å². The summed E-state index contributed by atoms with van der Waals surface area (Å²) in [7, 11) is 0. The number of Topliss-reactive ketones (excluding diaryl/α,β-unsaturated/α-hetero) is 1. The van der Waals surface area contributed by atoms with Crippen molar-refractivity contribution in [3.05, 3.63) is 29.8 Å². The molecular formula is C27H41N3O11. The Kier molecular flexibility index (Phi) is 12.2. The number of likely N-dealkylation sites (tertiary alicyclic amines) is 1. The summed E-state index contributed by atoms with van der Waals surface area (Å²) in [6.07, 6.45) is -8.66. The number of nitrogens with zero attached hydrogens (tertiary/aromatic N) is 1. The van der Waals surface area contributed by atoms with E-state index in [4.69, 9.17) is 0 Å². The highest BCUT2D eigenvalue weighted by molar-refractivity contribution is 5.95. The van der Waals surface area contributed by atoms with Crippen LogP contribution in [0.25, 0.3) is 0 Å². The molecule has 10 atom stereocenters. The van der Waals surface area contributed by atoms with Crippen molar-refractivity contribution in [1.29, 1.82) is 0 Å².